The zero-order chi connectivity index (χ0) is 22.9. The van der Waals surface area contributed by atoms with Gasteiger partial charge in [-0.25, -0.2) is 0 Å². The lowest BCUT2D eigenvalue weighted by molar-refractivity contribution is -0.328. The van der Waals surface area contributed by atoms with E-state index in [-0.39, 0.29) is 13.2 Å². The zero-order valence-corrected chi connectivity index (χ0v) is 18.5. The summed E-state index contributed by atoms with van der Waals surface area (Å²) in [6.07, 6.45) is 0.639. The normalized spacial score (nSPS) is 12.5. The highest BCUT2D eigenvalue weighted by Gasteiger charge is 2.22. The summed E-state index contributed by atoms with van der Waals surface area (Å²) >= 11 is 0. The van der Waals surface area contributed by atoms with Gasteiger partial charge in [0, 0.05) is 0 Å². The molecule has 6 rings (SSSR count). The van der Waals surface area contributed by atoms with Gasteiger partial charge in [-0.05, 0) is 68.5 Å². The van der Waals surface area contributed by atoms with Crippen LogP contribution < -0.4 is 0 Å². The second kappa shape index (κ2) is 8.78. The van der Waals surface area contributed by atoms with Gasteiger partial charge in [0.1, 0.15) is 13.2 Å². The SMILES string of the molecule is O=C(OOCc1cccc2c1Cc1ccccc1-2)OOCc1cccc2c1Cc1ccccc1-2. The van der Waals surface area contributed by atoms with Crippen LogP contribution in [0.3, 0.4) is 0 Å². The zero-order valence-electron chi connectivity index (χ0n) is 18.5. The molecule has 5 nitrogen and oxygen atoms in total. The van der Waals surface area contributed by atoms with E-state index < -0.39 is 6.16 Å². The molecule has 0 N–H and O–H groups in total. The fraction of sp³-hybridized carbons (Fsp3) is 0.138. The number of fused-ring (bicyclic) bond motifs is 6. The summed E-state index contributed by atoms with van der Waals surface area (Å²) < 4.78 is 0. The van der Waals surface area contributed by atoms with Crippen LogP contribution in [-0.4, -0.2) is 6.16 Å². The van der Waals surface area contributed by atoms with Crippen molar-refractivity contribution in [3.8, 4) is 22.3 Å². The minimum Gasteiger partial charge on any atom is -0.257 e. The third-order valence-corrected chi connectivity index (χ3v) is 6.58. The average Bonchev–Trinajstić information content (AvgIpc) is 3.44. The Morgan fingerprint density at radius 1 is 0.559 bits per heavy atom. The van der Waals surface area contributed by atoms with Crippen LogP contribution in [0.25, 0.3) is 22.3 Å². The summed E-state index contributed by atoms with van der Waals surface area (Å²) in [5.74, 6) is 0. The van der Waals surface area contributed by atoms with Gasteiger partial charge in [-0.15, -0.1) is 0 Å². The molecule has 0 heterocycles. The van der Waals surface area contributed by atoms with Gasteiger partial charge in [0.2, 0.25) is 0 Å². The Labute approximate surface area is 197 Å². The molecule has 0 saturated heterocycles. The minimum atomic E-state index is -1.04. The van der Waals surface area contributed by atoms with Crippen LogP contribution >= 0.6 is 0 Å². The molecule has 34 heavy (non-hydrogen) atoms. The van der Waals surface area contributed by atoms with Gasteiger partial charge < -0.3 is 0 Å². The summed E-state index contributed by atoms with van der Waals surface area (Å²) in [4.78, 5) is 31.8. The molecule has 0 spiro atoms. The number of carbonyl (C=O) groups excluding carboxylic acids is 1. The first-order chi connectivity index (χ1) is 16.8. The maximum absolute atomic E-state index is 12.0. The molecule has 0 saturated carbocycles. The number of hydrogen-bond donors (Lipinski definition) is 0. The maximum atomic E-state index is 12.0. The van der Waals surface area contributed by atoms with Crippen molar-refractivity contribution in [2.24, 2.45) is 0 Å². The summed E-state index contributed by atoms with van der Waals surface area (Å²) in [5, 5.41) is 0. The largest absolute Gasteiger partial charge is 0.573 e. The van der Waals surface area contributed by atoms with E-state index in [2.05, 4.69) is 36.4 Å². The highest BCUT2D eigenvalue weighted by atomic mass is 17.3. The van der Waals surface area contributed by atoms with E-state index in [1.807, 2.05) is 48.5 Å². The molecule has 0 aromatic heterocycles. The number of carbonyl (C=O) groups is 1. The van der Waals surface area contributed by atoms with Crippen LogP contribution in [0.15, 0.2) is 84.9 Å². The van der Waals surface area contributed by atoms with E-state index in [0.717, 1.165) is 24.0 Å². The monoisotopic (exact) mass is 450 g/mol. The number of rotatable bonds is 6. The lowest BCUT2D eigenvalue weighted by Gasteiger charge is -2.09. The molecule has 0 atom stereocenters. The van der Waals surface area contributed by atoms with Gasteiger partial charge >= 0.3 is 6.16 Å². The van der Waals surface area contributed by atoms with Crippen molar-refractivity contribution in [2.45, 2.75) is 26.1 Å². The Bertz CT molecular complexity index is 1290. The summed E-state index contributed by atoms with van der Waals surface area (Å²) in [7, 11) is 0. The fourth-order valence-electron chi connectivity index (χ4n) is 5.01. The molecule has 4 aromatic rings. The molecule has 0 aliphatic heterocycles. The molecule has 0 radical (unpaired) electrons. The molecule has 0 bridgehead atoms. The molecule has 5 heteroatoms. The molecule has 0 unspecified atom stereocenters. The van der Waals surface area contributed by atoms with Gasteiger partial charge in [0.15, 0.2) is 0 Å². The third kappa shape index (κ3) is 3.75. The molecule has 0 amide bonds. The molecular weight excluding hydrogens is 428 g/mol. The van der Waals surface area contributed by atoms with Crippen molar-refractivity contribution in [3.05, 3.63) is 118 Å². The van der Waals surface area contributed by atoms with Crippen molar-refractivity contribution in [1.82, 2.24) is 0 Å². The fourth-order valence-corrected chi connectivity index (χ4v) is 5.01. The van der Waals surface area contributed by atoms with Gasteiger partial charge in [-0.1, -0.05) is 84.9 Å². The van der Waals surface area contributed by atoms with Gasteiger partial charge in [0.05, 0.1) is 0 Å². The van der Waals surface area contributed by atoms with Crippen LogP contribution in [0.4, 0.5) is 4.79 Å². The minimum absolute atomic E-state index is 0.136. The maximum Gasteiger partial charge on any atom is 0.573 e. The Morgan fingerprint density at radius 3 is 1.50 bits per heavy atom. The number of benzene rings is 4. The van der Waals surface area contributed by atoms with E-state index in [9.17, 15) is 4.79 Å². The smallest absolute Gasteiger partial charge is 0.257 e. The topological polar surface area (TPSA) is 54.0 Å². The van der Waals surface area contributed by atoms with Crippen molar-refractivity contribution in [3.63, 3.8) is 0 Å². The second-order valence-electron chi connectivity index (χ2n) is 8.50. The van der Waals surface area contributed by atoms with Crippen LogP contribution in [0.5, 0.6) is 0 Å². The van der Waals surface area contributed by atoms with E-state index >= 15 is 0 Å². The van der Waals surface area contributed by atoms with E-state index in [0.29, 0.717) is 0 Å². The average molecular weight is 450 g/mol. The Morgan fingerprint density at radius 2 is 1.00 bits per heavy atom. The van der Waals surface area contributed by atoms with Crippen molar-refractivity contribution >= 4 is 6.16 Å². The van der Waals surface area contributed by atoms with Gasteiger partial charge in [0.25, 0.3) is 0 Å². The first kappa shape index (κ1) is 20.7. The molecule has 2 aliphatic rings. The highest BCUT2D eigenvalue weighted by molar-refractivity contribution is 5.78. The highest BCUT2D eigenvalue weighted by Crippen LogP contribution is 2.39. The summed E-state index contributed by atoms with van der Waals surface area (Å²) in [5.41, 5.74) is 11.8. The van der Waals surface area contributed by atoms with Crippen molar-refractivity contribution in [1.29, 1.82) is 0 Å². The van der Waals surface area contributed by atoms with Crippen LogP contribution in [0.2, 0.25) is 0 Å². The molecular formula is C29H22O5. The first-order valence-corrected chi connectivity index (χ1v) is 11.3. The Balaban J connectivity index is 1.02. The lowest BCUT2D eigenvalue weighted by atomic mass is 10.0. The Kier molecular flexibility index (Phi) is 5.34. The quantitative estimate of drug-likeness (QED) is 0.213. The Hall–Kier alpha value is -3.93. The third-order valence-electron chi connectivity index (χ3n) is 6.58. The number of hydrogen-bond acceptors (Lipinski definition) is 5. The van der Waals surface area contributed by atoms with Crippen LogP contribution in [0, 0.1) is 0 Å². The summed E-state index contributed by atoms with van der Waals surface area (Å²) in [6.45, 7) is 0.271. The van der Waals surface area contributed by atoms with Gasteiger partial charge in [-0.2, -0.15) is 14.6 Å². The predicted molar refractivity (Wildman–Crippen MR) is 127 cm³/mol. The van der Waals surface area contributed by atoms with Crippen LogP contribution in [0.1, 0.15) is 33.4 Å². The first-order valence-electron chi connectivity index (χ1n) is 11.3. The second-order valence-corrected chi connectivity index (χ2v) is 8.50. The van der Waals surface area contributed by atoms with E-state index in [1.165, 1.54) is 44.5 Å². The molecule has 2 aliphatic carbocycles. The molecule has 0 fully saturated rings. The van der Waals surface area contributed by atoms with E-state index in [1.54, 1.807) is 0 Å². The summed E-state index contributed by atoms with van der Waals surface area (Å²) in [6, 6.07) is 28.8. The van der Waals surface area contributed by atoms with Crippen molar-refractivity contribution in [2.75, 3.05) is 0 Å². The van der Waals surface area contributed by atoms with Crippen LogP contribution in [-0.2, 0) is 45.6 Å². The predicted octanol–water partition coefficient (Wildman–Crippen LogP) is 6.55. The molecule has 168 valence electrons. The standard InChI is InChI=1S/C29H22O5/c30-29(33-31-17-21-9-5-13-25-23-11-3-1-7-19(23)15-27(21)25)34-32-18-22-10-6-14-26-24-12-4-2-8-20(24)16-28(22)26/h1-14H,15-18H2. The van der Waals surface area contributed by atoms with Crippen molar-refractivity contribution < 1.29 is 24.3 Å². The van der Waals surface area contributed by atoms with E-state index in [4.69, 9.17) is 19.6 Å². The van der Waals surface area contributed by atoms with Gasteiger partial charge in [-0.3, -0.25) is 9.78 Å². The lowest BCUT2D eigenvalue weighted by Crippen LogP contribution is -2.10. The molecule has 4 aromatic carbocycles.